The third-order valence-corrected chi connectivity index (χ3v) is 3.26. The van der Waals surface area contributed by atoms with Crippen LogP contribution in [-0.2, 0) is 0 Å². The first-order valence-electron chi connectivity index (χ1n) is 5.14. The van der Waals surface area contributed by atoms with Crippen molar-refractivity contribution in [3.05, 3.63) is 41.8 Å². The summed E-state index contributed by atoms with van der Waals surface area (Å²) in [6.07, 6.45) is 1.75. The van der Waals surface area contributed by atoms with Crippen molar-refractivity contribution in [1.29, 1.82) is 0 Å². The predicted octanol–water partition coefficient (Wildman–Crippen LogP) is 3.12. The molecule has 0 atom stereocenters. The summed E-state index contributed by atoms with van der Waals surface area (Å²) in [5, 5.41) is 3.71. The molecule has 2 rings (SSSR count). The molecule has 5 heteroatoms. The van der Waals surface area contributed by atoms with Crippen molar-refractivity contribution in [2.75, 3.05) is 12.4 Å². The summed E-state index contributed by atoms with van der Waals surface area (Å²) in [5.74, 6) is 0.324. The van der Waals surface area contributed by atoms with Crippen molar-refractivity contribution >= 4 is 17.7 Å². The van der Waals surface area contributed by atoms with Gasteiger partial charge in [-0.05, 0) is 25.1 Å². The van der Waals surface area contributed by atoms with Gasteiger partial charge >= 0.3 is 0 Å². The number of benzene rings is 1. The molecule has 1 heterocycles. The van der Waals surface area contributed by atoms with Crippen LogP contribution in [0, 0.1) is 12.7 Å². The van der Waals surface area contributed by atoms with E-state index in [0.29, 0.717) is 5.95 Å². The molecule has 0 aliphatic carbocycles. The van der Waals surface area contributed by atoms with Crippen LogP contribution in [0.1, 0.15) is 5.56 Å². The zero-order valence-electron chi connectivity index (χ0n) is 9.57. The maximum atomic E-state index is 13.1. The summed E-state index contributed by atoms with van der Waals surface area (Å²) < 4.78 is 13.1. The Bertz CT molecular complexity index is 531. The summed E-state index contributed by atoms with van der Waals surface area (Å²) in [6.45, 7) is 1.93. The second-order valence-electron chi connectivity index (χ2n) is 3.49. The highest BCUT2D eigenvalue weighted by Crippen LogP contribution is 2.29. The van der Waals surface area contributed by atoms with Gasteiger partial charge in [-0.2, -0.15) is 0 Å². The first kappa shape index (κ1) is 11.9. The summed E-state index contributed by atoms with van der Waals surface area (Å²) >= 11 is 1.43. The molecule has 1 aromatic carbocycles. The highest BCUT2D eigenvalue weighted by molar-refractivity contribution is 7.99. The molecule has 17 heavy (non-hydrogen) atoms. The molecule has 0 aliphatic rings. The standard InChI is InChI=1S/C12H12FN3S/c1-8-7-15-12(14-2)16-11(8)17-10-5-3-4-9(13)6-10/h3-7H,1-2H3,(H,14,15,16). The molecule has 88 valence electrons. The number of rotatable bonds is 3. The van der Waals surface area contributed by atoms with Crippen molar-refractivity contribution in [1.82, 2.24) is 9.97 Å². The molecule has 0 saturated carbocycles. The van der Waals surface area contributed by atoms with E-state index in [9.17, 15) is 4.39 Å². The van der Waals surface area contributed by atoms with E-state index in [1.54, 1.807) is 19.3 Å². The van der Waals surface area contributed by atoms with Gasteiger partial charge in [0.15, 0.2) is 0 Å². The molecule has 0 amide bonds. The Morgan fingerprint density at radius 1 is 1.35 bits per heavy atom. The monoisotopic (exact) mass is 249 g/mol. The number of halogens is 1. The van der Waals surface area contributed by atoms with Crippen LogP contribution in [0.25, 0.3) is 0 Å². The highest BCUT2D eigenvalue weighted by atomic mass is 32.2. The Balaban J connectivity index is 2.29. The van der Waals surface area contributed by atoms with E-state index in [2.05, 4.69) is 15.3 Å². The average molecular weight is 249 g/mol. The van der Waals surface area contributed by atoms with Crippen LogP contribution in [0.2, 0.25) is 0 Å². The fourth-order valence-electron chi connectivity index (χ4n) is 1.29. The fourth-order valence-corrected chi connectivity index (χ4v) is 2.18. The Kier molecular flexibility index (Phi) is 3.58. The van der Waals surface area contributed by atoms with E-state index in [1.807, 2.05) is 13.0 Å². The lowest BCUT2D eigenvalue weighted by Crippen LogP contribution is -1.98. The molecule has 0 fully saturated rings. The third-order valence-electron chi connectivity index (χ3n) is 2.16. The number of nitrogens with one attached hydrogen (secondary N) is 1. The zero-order chi connectivity index (χ0) is 12.3. The van der Waals surface area contributed by atoms with E-state index in [1.165, 1.54) is 23.9 Å². The topological polar surface area (TPSA) is 37.8 Å². The van der Waals surface area contributed by atoms with Gasteiger partial charge in [-0.25, -0.2) is 14.4 Å². The molecule has 0 radical (unpaired) electrons. The molecule has 0 aliphatic heterocycles. The predicted molar refractivity (Wildman–Crippen MR) is 66.8 cm³/mol. The lowest BCUT2D eigenvalue weighted by atomic mass is 10.3. The molecular weight excluding hydrogens is 237 g/mol. The first-order chi connectivity index (χ1) is 8.19. The van der Waals surface area contributed by atoms with Crippen molar-refractivity contribution in [2.24, 2.45) is 0 Å². The van der Waals surface area contributed by atoms with Gasteiger partial charge < -0.3 is 5.32 Å². The Morgan fingerprint density at radius 2 is 2.18 bits per heavy atom. The van der Waals surface area contributed by atoms with Crippen LogP contribution < -0.4 is 5.32 Å². The van der Waals surface area contributed by atoms with Gasteiger partial charge in [0.25, 0.3) is 0 Å². The molecule has 0 spiro atoms. The lowest BCUT2D eigenvalue weighted by Gasteiger charge is -2.06. The minimum atomic E-state index is -0.240. The summed E-state index contributed by atoms with van der Waals surface area (Å²) in [6, 6.07) is 6.46. The quantitative estimate of drug-likeness (QED) is 0.848. The molecule has 1 aromatic heterocycles. The number of anilines is 1. The first-order valence-corrected chi connectivity index (χ1v) is 5.95. The zero-order valence-corrected chi connectivity index (χ0v) is 10.4. The Morgan fingerprint density at radius 3 is 2.88 bits per heavy atom. The summed E-state index contributed by atoms with van der Waals surface area (Å²) in [4.78, 5) is 9.27. The molecule has 1 N–H and O–H groups in total. The minimum Gasteiger partial charge on any atom is -0.357 e. The molecule has 0 unspecified atom stereocenters. The second kappa shape index (κ2) is 5.14. The van der Waals surface area contributed by atoms with Crippen LogP contribution in [0.5, 0.6) is 0 Å². The van der Waals surface area contributed by atoms with Crippen molar-refractivity contribution in [2.45, 2.75) is 16.8 Å². The Labute approximate surface area is 103 Å². The van der Waals surface area contributed by atoms with Gasteiger partial charge in [0.1, 0.15) is 10.8 Å². The summed E-state index contributed by atoms with van der Waals surface area (Å²) in [5.41, 5.74) is 0.971. The van der Waals surface area contributed by atoms with Gasteiger partial charge in [0.2, 0.25) is 5.95 Å². The van der Waals surface area contributed by atoms with Crippen LogP contribution in [0.15, 0.2) is 40.4 Å². The maximum Gasteiger partial charge on any atom is 0.223 e. The van der Waals surface area contributed by atoms with Gasteiger partial charge in [0.05, 0.1) is 0 Å². The number of hydrogen-bond donors (Lipinski definition) is 1. The maximum absolute atomic E-state index is 13.1. The van der Waals surface area contributed by atoms with Crippen molar-refractivity contribution in [3.8, 4) is 0 Å². The molecule has 0 saturated heterocycles. The van der Waals surface area contributed by atoms with Crippen LogP contribution in [-0.4, -0.2) is 17.0 Å². The van der Waals surface area contributed by atoms with Crippen LogP contribution >= 0.6 is 11.8 Å². The fraction of sp³-hybridized carbons (Fsp3) is 0.167. The van der Waals surface area contributed by atoms with Gasteiger partial charge in [-0.3, -0.25) is 0 Å². The Hall–Kier alpha value is -1.62. The van der Waals surface area contributed by atoms with Gasteiger partial charge in [-0.1, -0.05) is 17.8 Å². The number of hydrogen-bond acceptors (Lipinski definition) is 4. The molecule has 0 bridgehead atoms. The highest BCUT2D eigenvalue weighted by Gasteiger charge is 2.05. The SMILES string of the molecule is CNc1ncc(C)c(Sc2cccc(F)c2)n1. The van der Waals surface area contributed by atoms with Crippen LogP contribution in [0.4, 0.5) is 10.3 Å². The van der Waals surface area contributed by atoms with Crippen molar-refractivity contribution in [3.63, 3.8) is 0 Å². The average Bonchev–Trinajstić information content (AvgIpc) is 2.32. The van der Waals surface area contributed by atoms with Gasteiger partial charge in [0, 0.05) is 23.7 Å². The number of aryl methyl sites for hydroxylation is 1. The van der Waals surface area contributed by atoms with E-state index in [-0.39, 0.29) is 5.82 Å². The van der Waals surface area contributed by atoms with Gasteiger partial charge in [-0.15, -0.1) is 0 Å². The number of aromatic nitrogens is 2. The molecular formula is C12H12FN3S. The minimum absolute atomic E-state index is 0.240. The third kappa shape index (κ3) is 2.94. The van der Waals surface area contributed by atoms with Crippen molar-refractivity contribution < 1.29 is 4.39 Å². The summed E-state index contributed by atoms with van der Waals surface area (Å²) in [7, 11) is 1.77. The van der Waals surface area contributed by atoms with E-state index in [4.69, 9.17) is 0 Å². The van der Waals surface area contributed by atoms with E-state index in [0.717, 1.165) is 15.5 Å². The van der Waals surface area contributed by atoms with E-state index < -0.39 is 0 Å². The second-order valence-corrected chi connectivity index (χ2v) is 4.55. The normalized spacial score (nSPS) is 10.3. The van der Waals surface area contributed by atoms with E-state index >= 15 is 0 Å². The molecule has 3 nitrogen and oxygen atoms in total. The largest absolute Gasteiger partial charge is 0.357 e. The number of nitrogens with zero attached hydrogens (tertiary/aromatic N) is 2. The molecule has 2 aromatic rings. The van der Waals surface area contributed by atoms with Crippen LogP contribution in [0.3, 0.4) is 0 Å². The lowest BCUT2D eigenvalue weighted by molar-refractivity contribution is 0.624. The smallest absolute Gasteiger partial charge is 0.223 e.